The molecule has 1 unspecified atom stereocenters. The number of fused-ring (bicyclic) bond motifs is 8. The van der Waals surface area contributed by atoms with E-state index in [1.807, 2.05) is 0 Å². The Morgan fingerprint density at radius 2 is 1.00 bits per heavy atom. The fourth-order valence-corrected chi connectivity index (χ4v) is 9.70. The number of aromatic nitrogens is 2. The molecule has 2 aromatic heterocycles. The number of benzene rings is 2. The Kier molecular flexibility index (Phi) is 21.0. The molecule has 0 radical (unpaired) electrons. The molecule has 2 aliphatic heterocycles. The van der Waals surface area contributed by atoms with Crippen molar-refractivity contribution in [3.05, 3.63) is 80.8 Å². The number of phenols is 2. The summed E-state index contributed by atoms with van der Waals surface area (Å²) >= 11 is 2.56. The van der Waals surface area contributed by atoms with Crippen LogP contribution in [0.4, 0.5) is 10.3 Å². The summed E-state index contributed by atoms with van der Waals surface area (Å²) in [5, 5.41) is 54.6. The van der Waals surface area contributed by atoms with E-state index in [0.717, 1.165) is 4.88 Å². The summed E-state index contributed by atoms with van der Waals surface area (Å²) in [7, 11) is 0. The number of rotatable bonds is 4. The van der Waals surface area contributed by atoms with Crippen molar-refractivity contribution < 1.29 is 58.2 Å². The minimum absolute atomic E-state index is 0.0427. The molecule has 8 bridgehead atoms. The van der Waals surface area contributed by atoms with Crippen LogP contribution in [0, 0.1) is 0 Å². The van der Waals surface area contributed by atoms with Gasteiger partial charge < -0.3 is 74.0 Å². The van der Waals surface area contributed by atoms with Gasteiger partial charge in [0, 0.05) is 60.9 Å². The zero-order valence-electron chi connectivity index (χ0n) is 44.3. The molecule has 0 saturated heterocycles. The van der Waals surface area contributed by atoms with Gasteiger partial charge in [0.05, 0.1) is 13.1 Å². The van der Waals surface area contributed by atoms with E-state index in [2.05, 4.69) is 73.8 Å². The highest BCUT2D eigenvalue weighted by atomic mass is 32.1. The maximum Gasteiger partial charge on any atom is 0.243 e. The lowest BCUT2D eigenvalue weighted by Gasteiger charge is -2.24. The number of aromatic hydroxyl groups is 2. The number of nitrogens with one attached hydrogen (secondary N) is 12. The molecular weight excluding hydrogens is 1060 g/mol. The Bertz CT molecular complexity index is 2930. The number of phenolic OH excluding ortho intramolecular Hbond substituents is 2. The Balaban J connectivity index is 1.22. The van der Waals surface area contributed by atoms with Crippen LogP contribution in [0.5, 0.6) is 11.5 Å². The van der Waals surface area contributed by atoms with Gasteiger partial charge in [-0.15, -0.1) is 22.7 Å². The molecule has 424 valence electrons. The van der Waals surface area contributed by atoms with Gasteiger partial charge >= 0.3 is 0 Å². The van der Waals surface area contributed by atoms with E-state index >= 15 is 0 Å². The molecule has 0 fully saturated rings. The molecule has 2 aromatic carbocycles. The van der Waals surface area contributed by atoms with Crippen molar-refractivity contribution in [2.24, 2.45) is 0 Å². The molecule has 10 amide bonds. The second-order valence-corrected chi connectivity index (χ2v) is 21.4. The van der Waals surface area contributed by atoms with Crippen LogP contribution in [0.15, 0.2) is 48.8 Å². The van der Waals surface area contributed by atoms with Crippen molar-refractivity contribution in [3.63, 3.8) is 0 Å². The number of thiazole rings is 2. The topological polar surface area (TPSA) is 381 Å². The molecule has 14 N–H and O–H groups in total. The number of amides is 10. The number of carbonyl (C=O) groups excluding carboxylic acids is 10. The second-order valence-electron chi connectivity index (χ2n) is 19.2. The van der Waals surface area contributed by atoms with Crippen molar-refractivity contribution in [1.29, 1.82) is 0 Å². The summed E-state index contributed by atoms with van der Waals surface area (Å²) in [6.07, 6.45) is 3.81. The lowest BCUT2D eigenvalue weighted by Crippen LogP contribution is -2.58. The van der Waals surface area contributed by atoms with Crippen LogP contribution in [0.1, 0.15) is 80.0 Å². The Morgan fingerprint density at radius 3 is 1.53 bits per heavy atom. The third-order valence-corrected chi connectivity index (χ3v) is 14.5. The maximum absolute atomic E-state index is 14.2. The van der Waals surface area contributed by atoms with Crippen LogP contribution in [-0.2, 0) is 73.6 Å². The van der Waals surface area contributed by atoms with Crippen LogP contribution >= 0.6 is 22.7 Å². The third-order valence-electron chi connectivity index (χ3n) is 12.6. The molecule has 0 spiro atoms. The fourth-order valence-electron chi connectivity index (χ4n) is 8.01. The predicted molar refractivity (Wildman–Crippen MR) is 291 cm³/mol. The van der Waals surface area contributed by atoms with Crippen molar-refractivity contribution >= 4 is 92.0 Å². The molecule has 0 aliphatic carbocycles. The zero-order chi connectivity index (χ0) is 57.5. The molecule has 4 aromatic rings. The molecule has 2 aliphatic rings. The monoisotopic (exact) mass is 1130 g/mol. The quantitative estimate of drug-likeness (QED) is 0.110. The van der Waals surface area contributed by atoms with Gasteiger partial charge in [-0.3, -0.25) is 47.9 Å². The first kappa shape index (κ1) is 59.8. The fraction of sp³-hybridized carbons (Fsp3) is 0.451. The molecule has 79 heavy (non-hydrogen) atoms. The summed E-state index contributed by atoms with van der Waals surface area (Å²) < 4.78 is 0. The Morgan fingerprint density at radius 1 is 0.557 bits per heavy atom. The van der Waals surface area contributed by atoms with E-state index in [1.165, 1.54) is 82.4 Å². The summed E-state index contributed by atoms with van der Waals surface area (Å²) in [5.74, 6) is -7.35. The molecular formula is C51H66N14O12S2. The third kappa shape index (κ3) is 17.8. The molecule has 4 heterocycles. The first-order valence-electron chi connectivity index (χ1n) is 25.5. The Labute approximate surface area is 462 Å². The highest BCUT2D eigenvalue weighted by Gasteiger charge is 2.31. The van der Waals surface area contributed by atoms with Crippen LogP contribution in [0.2, 0.25) is 0 Å². The molecule has 0 saturated carbocycles. The first-order valence-corrected chi connectivity index (χ1v) is 27.1. The second kappa shape index (κ2) is 27.8. The minimum atomic E-state index is -1.41. The van der Waals surface area contributed by atoms with Gasteiger partial charge in [0.25, 0.3) is 0 Å². The van der Waals surface area contributed by atoms with E-state index in [9.17, 15) is 58.2 Å². The number of carbonyl (C=O) groups is 10. The van der Waals surface area contributed by atoms with Gasteiger partial charge in [0.2, 0.25) is 59.1 Å². The van der Waals surface area contributed by atoms with Crippen LogP contribution in [-0.4, -0.2) is 154 Å². The number of nitrogens with zero attached hydrogens (tertiary/aromatic N) is 2. The van der Waals surface area contributed by atoms with Gasteiger partial charge in [0.1, 0.15) is 59.8 Å². The minimum Gasteiger partial charge on any atom is -0.508 e. The van der Waals surface area contributed by atoms with Crippen molar-refractivity contribution in [1.82, 2.24) is 63.1 Å². The molecule has 26 nitrogen and oxygen atoms in total. The van der Waals surface area contributed by atoms with Gasteiger partial charge in [-0.25, -0.2) is 9.97 Å². The van der Waals surface area contributed by atoms with Gasteiger partial charge in [-0.05, 0) is 82.3 Å². The Hall–Kier alpha value is -8.40. The van der Waals surface area contributed by atoms with Gasteiger partial charge in [-0.2, -0.15) is 0 Å². The number of anilines is 2. The van der Waals surface area contributed by atoms with Crippen LogP contribution in [0.3, 0.4) is 0 Å². The van der Waals surface area contributed by atoms with Gasteiger partial charge in [-0.1, -0.05) is 24.3 Å². The van der Waals surface area contributed by atoms with Crippen LogP contribution < -0.4 is 63.8 Å². The van der Waals surface area contributed by atoms with Crippen molar-refractivity contribution in [2.75, 3.05) is 36.8 Å². The predicted octanol–water partition coefficient (Wildman–Crippen LogP) is -1.55. The SMILES string of the molecule is C[C@@H]1NC(=O)CNc2ncc(s2)Cc2cc(ccc2O)CC(C(=O)NCC(=O)N[C@H]2Cc3ccc(O)c(c3)Cc3cnc(s3)NCCCNC(=O)[C@H](C)NC(=O)[C@H](C)NC(=O)[C@H](C)NC2=O)NC(=O)[C@H](C)NC(=O)[C@H](C)NC1=O. The van der Waals surface area contributed by atoms with Gasteiger partial charge in [0.15, 0.2) is 10.3 Å². The van der Waals surface area contributed by atoms with E-state index in [4.69, 9.17) is 0 Å². The normalized spacial score (nSPS) is 23.9. The lowest BCUT2D eigenvalue weighted by atomic mass is 10.00. The average Bonchev–Trinajstić information content (AvgIpc) is 4.06. The average molecular weight is 1130 g/mol. The summed E-state index contributed by atoms with van der Waals surface area (Å²) in [5.41, 5.74) is 1.87. The summed E-state index contributed by atoms with van der Waals surface area (Å²) in [6, 6.07) is -0.407. The number of hydrogen-bond donors (Lipinski definition) is 14. The standard InChI is InChI=1S/C51H66N14O12S2/c1-24-42(70)52-12-7-13-53-50-55-20-34(78-50)18-33-15-31(9-11-39(33)67)17-37(49(77)63-28(5)46(74)61-26(3)44(72)59-24)64-41(69)22-54-48(76)36-16-30-8-10-38(66)32(14-30)19-35-21-56-51(79-35)57-23-40(68)58-25(2)43(71)60-27(4)45(73)62-29(6)47(75)65-36/h8-11,14-15,20-21,24-29,36-37,66-67H,7,12-13,16-19,22-23H2,1-6H3,(H,52,70)(H,53,55)(H,54,76)(H,56,57)(H,58,68)(H,59,72)(H,60,71)(H,61,74)(H,62,73)(H,63,77)(H,64,69)(H,65,75)/t24-,25-,26-,27-,28-,29-,36?,37-/m0/s1. The van der Waals surface area contributed by atoms with E-state index in [1.54, 1.807) is 30.6 Å². The summed E-state index contributed by atoms with van der Waals surface area (Å²) in [4.78, 5) is 144. The van der Waals surface area contributed by atoms with E-state index in [-0.39, 0.29) is 43.7 Å². The number of hydrogen-bond acceptors (Lipinski definition) is 18. The maximum atomic E-state index is 14.2. The van der Waals surface area contributed by atoms with E-state index < -0.39 is 114 Å². The van der Waals surface area contributed by atoms with Crippen LogP contribution in [0.25, 0.3) is 0 Å². The molecule has 6 rings (SSSR count). The van der Waals surface area contributed by atoms with Crippen molar-refractivity contribution in [3.8, 4) is 11.5 Å². The van der Waals surface area contributed by atoms with E-state index in [0.29, 0.717) is 56.9 Å². The lowest BCUT2D eigenvalue weighted by molar-refractivity contribution is -0.134. The largest absolute Gasteiger partial charge is 0.508 e. The highest BCUT2D eigenvalue weighted by Crippen LogP contribution is 2.28. The smallest absolute Gasteiger partial charge is 0.243 e. The van der Waals surface area contributed by atoms with Crippen molar-refractivity contribution in [2.45, 2.75) is 122 Å². The first-order chi connectivity index (χ1) is 37.5. The summed E-state index contributed by atoms with van der Waals surface area (Å²) in [6.45, 7) is 8.22. The molecule has 8 atom stereocenters. The zero-order valence-corrected chi connectivity index (χ0v) is 45.9. The highest BCUT2D eigenvalue weighted by molar-refractivity contribution is 7.15. The molecule has 28 heteroatoms.